The van der Waals surface area contributed by atoms with E-state index >= 15 is 0 Å². The molecule has 23 heavy (non-hydrogen) atoms. The summed E-state index contributed by atoms with van der Waals surface area (Å²) in [4.78, 5) is 34.3. The number of esters is 1. The molecule has 7 nitrogen and oxygen atoms in total. The van der Waals surface area contributed by atoms with Crippen molar-refractivity contribution in [2.45, 2.75) is 70.9 Å². The average Bonchev–Trinajstić information content (AvgIpc) is 2.52. The molecule has 0 radical (unpaired) electrons. The second-order valence-corrected chi connectivity index (χ2v) is 5.67. The van der Waals surface area contributed by atoms with Crippen LogP contribution in [0.3, 0.4) is 0 Å². The lowest BCUT2D eigenvalue weighted by Crippen LogP contribution is -2.41. The van der Waals surface area contributed by atoms with Crippen molar-refractivity contribution in [1.82, 2.24) is 10.6 Å². The van der Waals surface area contributed by atoms with Crippen LogP contribution in [-0.2, 0) is 19.1 Å². The lowest BCUT2D eigenvalue weighted by atomic mass is 10.1. The smallest absolute Gasteiger partial charge is 0.328 e. The Kier molecular flexibility index (Phi) is 12.0. The van der Waals surface area contributed by atoms with Gasteiger partial charge in [-0.05, 0) is 25.7 Å². The maximum absolute atomic E-state index is 11.8. The number of unbranched alkanes of at least 4 members (excludes halogenated alkanes) is 3. The summed E-state index contributed by atoms with van der Waals surface area (Å²) in [6.07, 6.45) is 5.72. The van der Waals surface area contributed by atoms with E-state index in [-0.39, 0.29) is 11.8 Å². The van der Waals surface area contributed by atoms with Gasteiger partial charge in [-0.15, -0.1) is 0 Å². The van der Waals surface area contributed by atoms with Gasteiger partial charge in [0.05, 0.1) is 13.2 Å². The van der Waals surface area contributed by atoms with Gasteiger partial charge in [-0.3, -0.25) is 9.59 Å². The van der Waals surface area contributed by atoms with Crippen LogP contribution in [0.5, 0.6) is 0 Å². The number of carbonyl (C=O) groups is 3. The standard InChI is InChI=1S/C16H31N3O4/c1-4-5-6-9-13(17)15(21)18-11-8-7-10-14(16(22)23-3)19-12(2)20/h13-14H,4-11,17H2,1-3H3,(H,18,21)(H,19,20)/t13-,14-/m0/s1. The molecule has 0 aliphatic heterocycles. The van der Waals surface area contributed by atoms with E-state index in [0.29, 0.717) is 32.2 Å². The molecule has 2 atom stereocenters. The first-order valence-electron chi connectivity index (χ1n) is 8.30. The van der Waals surface area contributed by atoms with E-state index < -0.39 is 18.1 Å². The Bertz CT molecular complexity index is 374. The third-order valence-electron chi connectivity index (χ3n) is 3.54. The number of hydrogen-bond acceptors (Lipinski definition) is 5. The molecule has 134 valence electrons. The normalized spacial score (nSPS) is 13.0. The molecule has 7 heteroatoms. The highest BCUT2D eigenvalue weighted by Gasteiger charge is 2.19. The van der Waals surface area contributed by atoms with Crippen LogP contribution >= 0.6 is 0 Å². The molecule has 0 aliphatic rings. The molecule has 0 aromatic carbocycles. The Hall–Kier alpha value is -1.63. The zero-order valence-corrected chi connectivity index (χ0v) is 14.5. The third kappa shape index (κ3) is 10.7. The zero-order chi connectivity index (χ0) is 17.7. The number of amides is 2. The number of nitrogens with one attached hydrogen (secondary N) is 2. The molecule has 0 saturated heterocycles. The Balaban J connectivity index is 3.90. The molecule has 0 saturated carbocycles. The Labute approximate surface area is 138 Å². The summed E-state index contributed by atoms with van der Waals surface area (Å²) in [5.74, 6) is -0.860. The average molecular weight is 329 g/mol. The fourth-order valence-corrected chi connectivity index (χ4v) is 2.20. The van der Waals surface area contributed by atoms with E-state index in [1.807, 2.05) is 0 Å². The Morgan fingerprint density at radius 2 is 1.74 bits per heavy atom. The number of methoxy groups -OCH3 is 1. The molecule has 0 bridgehead atoms. The van der Waals surface area contributed by atoms with E-state index in [9.17, 15) is 14.4 Å². The SMILES string of the molecule is CCCCC[C@H](N)C(=O)NCCCC[C@H](NC(C)=O)C(=O)OC. The zero-order valence-electron chi connectivity index (χ0n) is 14.5. The van der Waals surface area contributed by atoms with Gasteiger partial charge in [0, 0.05) is 13.5 Å². The number of carbonyl (C=O) groups excluding carboxylic acids is 3. The molecule has 0 spiro atoms. The van der Waals surface area contributed by atoms with Crippen molar-refractivity contribution in [3.8, 4) is 0 Å². The van der Waals surface area contributed by atoms with Crippen LogP contribution in [-0.4, -0.2) is 43.5 Å². The highest BCUT2D eigenvalue weighted by molar-refractivity contribution is 5.83. The van der Waals surface area contributed by atoms with Gasteiger partial charge in [0.2, 0.25) is 11.8 Å². The molecule has 0 rings (SSSR count). The van der Waals surface area contributed by atoms with Crippen LogP contribution < -0.4 is 16.4 Å². The highest BCUT2D eigenvalue weighted by atomic mass is 16.5. The minimum Gasteiger partial charge on any atom is -0.467 e. The number of rotatable bonds is 12. The quantitative estimate of drug-likeness (QED) is 0.363. The van der Waals surface area contributed by atoms with Crippen molar-refractivity contribution in [3.63, 3.8) is 0 Å². The van der Waals surface area contributed by atoms with Gasteiger partial charge >= 0.3 is 5.97 Å². The first-order valence-corrected chi connectivity index (χ1v) is 8.30. The summed E-state index contributed by atoms with van der Waals surface area (Å²) < 4.78 is 4.65. The van der Waals surface area contributed by atoms with Crippen LogP contribution in [0.15, 0.2) is 0 Å². The maximum Gasteiger partial charge on any atom is 0.328 e. The largest absolute Gasteiger partial charge is 0.467 e. The van der Waals surface area contributed by atoms with E-state index in [2.05, 4.69) is 22.3 Å². The van der Waals surface area contributed by atoms with E-state index in [4.69, 9.17) is 5.73 Å². The fraction of sp³-hybridized carbons (Fsp3) is 0.812. The Morgan fingerprint density at radius 1 is 1.09 bits per heavy atom. The van der Waals surface area contributed by atoms with E-state index in [1.54, 1.807) is 0 Å². The second-order valence-electron chi connectivity index (χ2n) is 5.67. The molecular formula is C16H31N3O4. The lowest BCUT2D eigenvalue weighted by Gasteiger charge is -2.15. The molecule has 0 aromatic heterocycles. The Morgan fingerprint density at radius 3 is 2.30 bits per heavy atom. The highest BCUT2D eigenvalue weighted by Crippen LogP contribution is 2.04. The number of nitrogens with two attached hydrogens (primary N) is 1. The molecule has 0 fully saturated rings. The van der Waals surface area contributed by atoms with Crippen molar-refractivity contribution in [3.05, 3.63) is 0 Å². The van der Waals surface area contributed by atoms with E-state index in [1.165, 1.54) is 14.0 Å². The van der Waals surface area contributed by atoms with Crippen LogP contribution in [0.1, 0.15) is 58.8 Å². The van der Waals surface area contributed by atoms with Crippen molar-refractivity contribution in [2.24, 2.45) is 5.73 Å². The van der Waals surface area contributed by atoms with Gasteiger partial charge in [0.1, 0.15) is 6.04 Å². The van der Waals surface area contributed by atoms with Crippen LogP contribution in [0, 0.1) is 0 Å². The topological polar surface area (TPSA) is 111 Å². The molecular weight excluding hydrogens is 298 g/mol. The van der Waals surface area contributed by atoms with Gasteiger partial charge in [0.25, 0.3) is 0 Å². The fourth-order valence-electron chi connectivity index (χ4n) is 2.20. The number of hydrogen-bond donors (Lipinski definition) is 3. The minimum absolute atomic E-state index is 0.132. The number of ether oxygens (including phenoxy) is 1. The first kappa shape index (κ1) is 21.4. The van der Waals surface area contributed by atoms with Gasteiger partial charge in [0.15, 0.2) is 0 Å². The first-order chi connectivity index (χ1) is 10.9. The third-order valence-corrected chi connectivity index (χ3v) is 3.54. The molecule has 0 aromatic rings. The van der Waals surface area contributed by atoms with Gasteiger partial charge in [-0.25, -0.2) is 4.79 Å². The monoisotopic (exact) mass is 329 g/mol. The summed E-state index contributed by atoms with van der Waals surface area (Å²) in [6.45, 7) is 3.97. The molecule has 0 aliphatic carbocycles. The van der Waals surface area contributed by atoms with Crippen molar-refractivity contribution in [2.75, 3.05) is 13.7 Å². The molecule has 0 unspecified atom stereocenters. The van der Waals surface area contributed by atoms with Crippen molar-refractivity contribution < 1.29 is 19.1 Å². The summed E-state index contributed by atoms with van der Waals surface area (Å²) in [5, 5.41) is 5.36. The summed E-state index contributed by atoms with van der Waals surface area (Å²) in [7, 11) is 1.29. The van der Waals surface area contributed by atoms with Gasteiger partial charge in [-0.1, -0.05) is 26.2 Å². The van der Waals surface area contributed by atoms with Gasteiger partial charge in [-0.2, -0.15) is 0 Å². The predicted molar refractivity (Wildman–Crippen MR) is 88.6 cm³/mol. The molecule has 0 heterocycles. The summed E-state index contributed by atoms with van der Waals surface area (Å²) >= 11 is 0. The van der Waals surface area contributed by atoms with Gasteiger partial charge < -0.3 is 21.1 Å². The predicted octanol–water partition coefficient (Wildman–Crippen LogP) is 0.858. The summed E-state index contributed by atoms with van der Waals surface area (Å²) in [6, 6.07) is -1.09. The van der Waals surface area contributed by atoms with Crippen molar-refractivity contribution >= 4 is 17.8 Å². The minimum atomic E-state index is -0.635. The lowest BCUT2D eigenvalue weighted by molar-refractivity contribution is -0.145. The second kappa shape index (κ2) is 12.9. The molecule has 4 N–H and O–H groups in total. The van der Waals surface area contributed by atoms with Crippen LogP contribution in [0.2, 0.25) is 0 Å². The van der Waals surface area contributed by atoms with Crippen LogP contribution in [0.4, 0.5) is 0 Å². The maximum atomic E-state index is 11.8. The summed E-state index contributed by atoms with van der Waals surface area (Å²) in [5.41, 5.74) is 5.81. The van der Waals surface area contributed by atoms with Crippen LogP contribution in [0.25, 0.3) is 0 Å². The molecule has 2 amide bonds. The van der Waals surface area contributed by atoms with E-state index in [0.717, 1.165) is 19.3 Å². The van der Waals surface area contributed by atoms with Crippen molar-refractivity contribution in [1.29, 1.82) is 0 Å².